The SMILES string of the molecule is Cc1sc2nc(-c3cccnc3)nc(N3CCC(C(=O)N(C)C)C3)c2c1C. The van der Waals surface area contributed by atoms with Crippen LogP contribution in [0.1, 0.15) is 16.9 Å². The first kappa shape index (κ1) is 17.9. The van der Waals surface area contributed by atoms with Gasteiger partial charge < -0.3 is 9.80 Å². The fourth-order valence-corrected chi connectivity index (χ4v) is 4.62. The Morgan fingerprint density at radius 3 is 2.81 bits per heavy atom. The second kappa shape index (κ2) is 6.88. The lowest BCUT2D eigenvalue weighted by Gasteiger charge is -2.20. The topological polar surface area (TPSA) is 62.2 Å². The Bertz CT molecular complexity index is 999. The summed E-state index contributed by atoms with van der Waals surface area (Å²) >= 11 is 1.70. The maximum atomic E-state index is 12.4. The van der Waals surface area contributed by atoms with Crippen molar-refractivity contribution >= 4 is 33.3 Å². The van der Waals surface area contributed by atoms with Gasteiger partial charge >= 0.3 is 0 Å². The number of fused-ring (bicyclic) bond motifs is 1. The van der Waals surface area contributed by atoms with Crippen LogP contribution in [0.15, 0.2) is 24.5 Å². The Labute approximate surface area is 162 Å². The van der Waals surface area contributed by atoms with Gasteiger partial charge in [0.1, 0.15) is 10.6 Å². The molecule has 0 radical (unpaired) electrons. The Balaban J connectivity index is 1.80. The van der Waals surface area contributed by atoms with Gasteiger partial charge in [-0.15, -0.1) is 11.3 Å². The molecule has 0 N–H and O–H groups in total. The van der Waals surface area contributed by atoms with Crippen molar-refractivity contribution in [2.75, 3.05) is 32.1 Å². The van der Waals surface area contributed by atoms with Crippen LogP contribution in [-0.2, 0) is 4.79 Å². The van der Waals surface area contributed by atoms with E-state index < -0.39 is 0 Å². The predicted octanol–water partition coefficient (Wildman–Crippen LogP) is 3.28. The van der Waals surface area contributed by atoms with Gasteiger partial charge in [-0.2, -0.15) is 0 Å². The van der Waals surface area contributed by atoms with E-state index in [1.807, 2.05) is 26.2 Å². The lowest BCUT2D eigenvalue weighted by molar-refractivity contribution is -0.132. The van der Waals surface area contributed by atoms with Gasteiger partial charge in [-0.3, -0.25) is 9.78 Å². The Morgan fingerprint density at radius 1 is 1.30 bits per heavy atom. The van der Waals surface area contributed by atoms with Gasteiger partial charge in [-0.1, -0.05) is 0 Å². The normalized spacial score (nSPS) is 16.9. The number of carbonyl (C=O) groups is 1. The minimum atomic E-state index is 0.0203. The quantitative estimate of drug-likeness (QED) is 0.697. The zero-order valence-electron chi connectivity index (χ0n) is 16.1. The molecule has 6 nitrogen and oxygen atoms in total. The number of hydrogen-bond donors (Lipinski definition) is 0. The van der Waals surface area contributed by atoms with Crippen molar-refractivity contribution in [1.29, 1.82) is 0 Å². The van der Waals surface area contributed by atoms with Crippen molar-refractivity contribution in [3.8, 4) is 11.4 Å². The van der Waals surface area contributed by atoms with Crippen LogP contribution in [0.25, 0.3) is 21.6 Å². The van der Waals surface area contributed by atoms with Crippen molar-refractivity contribution in [2.45, 2.75) is 20.3 Å². The van der Waals surface area contributed by atoms with Gasteiger partial charge in [0.05, 0.1) is 11.3 Å². The summed E-state index contributed by atoms with van der Waals surface area (Å²) in [5, 5.41) is 1.11. The molecule has 4 rings (SSSR count). The summed E-state index contributed by atoms with van der Waals surface area (Å²) < 4.78 is 0. The number of amides is 1. The molecule has 1 fully saturated rings. The summed E-state index contributed by atoms with van der Waals surface area (Å²) in [7, 11) is 3.64. The third-order valence-electron chi connectivity index (χ3n) is 5.21. The highest BCUT2D eigenvalue weighted by molar-refractivity contribution is 7.18. The molecule has 1 aliphatic rings. The summed E-state index contributed by atoms with van der Waals surface area (Å²) in [5.74, 6) is 1.84. The van der Waals surface area contributed by atoms with Crippen LogP contribution in [0, 0.1) is 19.8 Å². The summed E-state index contributed by atoms with van der Waals surface area (Å²) in [5.41, 5.74) is 2.13. The Hall–Kier alpha value is -2.54. The van der Waals surface area contributed by atoms with Crippen LogP contribution in [-0.4, -0.2) is 52.9 Å². The molecule has 1 unspecified atom stereocenters. The van der Waals surface area contributed by atoms with Gasteiger partial charge in [0.15, 0.2) is 5.82 Å². The molecule has 3 aromatic heterocycles. The number of rotatable bonds is 3. The van der Waals surface area contributed by atoms with E-state index in [0.717, 1.165) is 34.6 Å². The first-order chi connectivity index (χ1) is 13.0. The summed E-state index contributed by atoms with van der Waals surface area (Å²) in [6.45, 7) is 5.78. The van der Waals surface area contributed by atoms with E-state index in [0.29, 0.717) is 12.4 Å². The lowest BCUT2D eigenvalue weighted by Crippen LogP contribution is -2.32. The average Bonchev–Trinajstić information content (AvgIpc) is 3.26. The fraction of sp³-hybridized carbons (Fsp3) is 0.400. The zero-order valence-corrected chi connectivity index (χ0v) is 16.9. The molecule has 1 aliphatic heterocycles. The van der Waals surface area contributed by atoms with Crippen molar-refractivity contribution in [2.24, 2.45) is 5.92 Å². The molecule has 1 atom stereocenters. The van der Waals surface area contributed by atoms with E-state index >= 15 is 0 Å². The molecule has 0 saturated carbocycles. The molecule has 27 heavy (non-hydrogen) atoms. The van der Waals surface area contributed by atoms with E-state index in [2.05, 4.69) is 23.7 Å². The Morgan fingerprint density at radius 2 is 2.11 bits per heavy atom. The standard InChI is InChI=1S/C20H23N5OS/c1-12-13(2)27-19-16(12)18(22-17(23-19)14-6-5-8-21-10-14)25-9-7-15(11-25)20(26)24(3)4/h5-6,8,10,15H,7,9,11H2,1-4H3. The number of hydrogen-bond acceptors (Lipinski definition) is 6. The molecule has 0 aliphatic carbocycles. The van der Waals surface area contributed by atoms with E-state index in [1.54, 1.807) is 28.6 Å². The van der Waals surface area contributed by atoms with Gasteiger partial charge in [0, 0.05) is 50.0 Å². The zero-order chi connectivity index (χ0) is 19.1. The minimum absolute atomic E-state index is 0.0203. The van der Waals surface area contributed by atoms with Crippen LogP contribution in [0.2, 0.25) is 0 Å². The number of thiophene rings is 1. The number of pyridine rings is 1. The third-order valence-corrected chi connectivity index (χ3v) is 6.31. The van der Waals surface area contributed by atoms with Gasteiger partial charge in [-0.25, -0.2) is 9.97 Å². The molecule has 3 aromatic rings. The monoisotopic (exact) mass is 381 g/mol. The van der Waals surface area contributed by atoms with E-state index in [4.69, 9.17) is 9.97 Å². The van der Waals surface area contributed by atoms with Crippen LogP contribution in [0.3, 0.4) is 0 Å². The molecule has 0 aromatic carbocycles. The third kappa shape index (κ3) is 3.16. The van der Waals surface area contributed by atoms with Crippen molar-refractivity contribution < 1.29 is 4.79 Å². The smallest absolute Gasteiger partial charge is 0.227 e. The molecule has 1 saturated heterocycles. The summed E-state index contributed by atoms with van der Waals surface area (Å²) in [4.78, 5) is 32.5. The highest BCUT2D eigenvalue weighted by Gasteiger charge is 2.32. The van der Waals surface area contributed by atoms with Gasteiger partial charge in [-0.05, 0) is 38.0 Å². The highest BCUT2D eigenvalue weighted by atomic mass is 32.1. The predicted molar refractivity (Wildman–Crippen MR) is 109 cm³/mol. The lowest BCUT2D eigenvalue weighted by atomic mass is 10.1. The van der Waals surface area contributed by atoms with E-state index in [1.165, 1.54) is 10.4 Å². The van der Waals surface area contributed by atoms with E-state index in [9.17, 15) is 4.79 Å². The number of aromatic nitrogens is 3. The van der Waals surface area contributed by atoms with Crippen molar-refractivity contribution in [3.63, 3.8) is 0 Å². The van der Waals surface area contributed by atoms with Crippen LogP contribution in [0.5, 0.6) is 0 Å². The molecule has 1 amide bonds. The maximum absolute atomic E-state index is 12.4. The molecule has 0 spiro atoms. The summed E-state index contributed by atoms with van der Waals surface area (Å²) in [6, 6.07) is 3.88. The average molecular weight is 382 g/mol. The van der Waals surface area contributed by atoms with Crippen LogP contribution >= 0.6 is 11.3 Å². The minimum Gasteiger partial charge on any atom is -0.355 e. The first-order valence-electron chi connectivity index (χ1n) is 9.10. The van der Waals surface area contributed by atoms with E-state index in [-0.39, 0.29) is 11.8 Å². The maximum Gasteiger partial charge on any atom is 0.227 e. The number of carbonyl (C=O) groups excluding carboxylic acids is 1. The number of anilines is 1. The van der Waals surface area contributed by atoms with Gasteiger partial charge in [0.25, 0.3) is 0 Å². The molecule has 0 bridgehead atoms. The molecule has 7 heteroatoms. The second-order valence-corrected chi connectivity index (χ2v) is 8.44. The van der Waals surface area contributed by atoms with Crippen LogP contribution < -0.4 is 4.90 Å². The Kier molecular flexibility index (Phi) is 4.55. The second-order valence-electron chi connectivity index (χ2n) is 7.24. The largest absolute Gasteiger partial charge is 0.355 e. The molecule has 4 heterocycles. The number of nitrogens with zero attached hydrogens (tertiary/aromatic N) is 5. The fourth-order valence-electron chi connectivity index (χ4n) is 3.60. The van der Waals surface area contributed by atoms with Crippen molar-refractivity contribution in [1.82, 2.24) is 19.9 Å². The summed E-state index contributed by atoms with van der Waals surface area (Å²) in [6.07, 6.45) is 4.40. The molecule has 140 valence electrons. The number of aryl methyl sites for hydroxylation is 2. The van der Waals surface area contributed by atoms with Crippen LogP contribution in [0.4, 0.5) is 5.82 Å². The molecular weight excluding hydrogens is 358 g/mol. The first-order valence-corrected chi connectivity index (χ1v) is 9.91. The molecular formula is C20H23N5OS. The van der Waals surface area contributed by atoms with Gasteiger partial charge in [0.2, 0.25) is 5.91 Å². The van der Waals surface area contributed by atoms with Crippen molar-refractivity contribution in [3.05, 3.63) is 35.0 Å². The highest BCUT2D eigenvalue weighted by Crippen LogP contribution is 2.38.